The zero-order valence-corrected chi connectivity index (χ0v) is 11.8. The van der Waals surface area contributed by atoms with Crippen LogP contribution in [0.3, 0.4) is 0 Å². The molecule has 0 aromatic carbocycles. The predicted octanol–water partition coefficient (Wildman–Crippen LogP) is 1.54. The number of hydrogen-bond acceptors (Lipinski definition) is 3. The van der Waals surface area contributed by atoms with Gasteiger partial charge in [-0.25, -0.2) is 0 Å². The van der Waals surface area contributed by atoms with Crippen molar-refractivity contribution in [2.75, 3.05) is 33.2 Å². The second-order valence-electron chi connectivity index (χ2n) is 5.94. The van der Waals surface area contributed by atoms with Gasteiger partial charge in [0.1, 0.15) is 0 Å². The Bertz CT molecular complexity index is 232. The van der Waals surface area contributed by atoms with Gasteiger partial charge in [-0.15, -0.1) is 0 Å². The molecule has 0 spiro atoms. The third-order valence-corrected chi connectivity index (χ3v) is 4.60. The third-order valence-electron chi connectivity index (χ3n) is 4.60. The van der Waals surface area contributed by atoms with Crippen molar-refractivity contribution in [3.8, 4) is 0 Å². The molecular formula is C14H29N3. The van der Waals surface area contributed by atoms with Crippen LogP contribution < -0.4 is 5.32 Å². The molecule has 1 saturated heterocycles. The van der Waals surface area contributed by atoms with Gasteiger partial charge in [0.2, 0.25) is 0 Å². The normalized spacial score (nSPS) is 36.5. The summed E-state index contributed by atoms with van der Waals surface area (Å²) in [4.78, 5) is 5.22. The lowest BCUT2D eigenvalue weighted by molar-refractivity contribution is 0.0730. The molecule has 17 heavy (non-hydrogen) atoms. The number of piperazine rings is 1. The van der Waals surface area contributed by atoms with E-state index in [0.717, 1.165) is 18.1 Å². The van der Waals surface area contributed by atoms with Gasteiger partial charge in [-0.05, 0) is 46.2 Å². The van der Waals surface area contributed by atoms with Gasteiger partial charge in [-0.2, -0.15) is 0 Å². The molecule has 0 aromatic rings. The van der Waals surface area contributed by atoms with E-state index in [-0.39, 0.29) is 0 Å². The largest absolute Gasteiger partial charge is 0.314 e. The lowest BCUT2D eigenvalue weighted by Gasteiger charge is -2.40. The van der Waals surface area contributed by atoms with Crippen LogP contribution in [-0.4, -0.2) is 61.2 Å². The summed E-state index contributed by atoms with van der Waals surface area (Å²) in [6.07, 6.45) is 5.41. The van der Waals surface area contributed by atoms with Gasteiger partial charge in [0.25, 0.3) is 0 Å². The van der Waals surface area contributed by atoms with Gasteiger partial charge in [0.05, 0.1) is 0 Å². The zero-order valence-electron chi connectivity index (χ0n) is 11.8. The van der Waals surface area contributed by atoms with Crippen molar-refractivity contribution in [2.24, 2.45) is 0 Å². The van der Waals surface area contributed by atoms with Gasteiger partial charge in [0.15, 0.2) is 0 Å². The monoisotopic (exact) mass is 239 g/mol. The first-order valence-electron chi connectivity index (χ1n) is 7.38. The Labute approximate surface area is 107 Å². The first-order valence-corrected chi connectivity index (χ1v) is 7.38. The van der Waals surface area contributed by atoms with Crippen molar-refractivity contribution in [3.05, 3.63) is 0 Å². The molecule has 3 atom stereocenters. The Balaban J connectivity index is 1.76. The minimum atomic E-state index is 0.728. The molecule has 3 heteroatoms. The van der Waals surface area contributed by atoms with Crippen LogP contribution in [0.25, 0.3) is 0 Å². The minimum Gasteiger partial charge on any atom is -0.314 e. The molecule has 1 saturated carbocycles. The van der Waals surface area contributed by atoms with Gasteiger partial charge in [0, 0.05) is 37.8 Å². The molecule has 1 N–H and O–H groups in total. The van der Waals surface area contributed by atoms with Crippen LogP contribution in [0, 0.1) is 0 Å². The Morgan fingerprint density at radius 1 is 1.24 bits per heavy atom. The summed E-state index contributed by atoms with van der Waals surface area (Å²) in [5.41, 5.74) is 0. The second kappa shape index (κ2) is 6.17. The average Bonchev–Trinajstić information content (AvgIpc) is 2.79. The molecule has 1 heterocycles. The van der Waals surface area contributed by atoms with Gasteiger partial charge >= 0.3 is 0 Å². The lowest BCUT2D eigenvalue weighted by Crippen LogP contribution is -2.53. The van der Waals surface area contributed by atoms with E-state index in [2.05, 4.69) is 36.0 Å². The van der Waals surface area contributed by atoms with Crippen LogP contribution in [0.5, 0.6) is 0 Å². The fourth-order valence-corrected chi connectivity index (χ4v) is 3.23. The molecule has 2 rings (SSSR count). The fraction of sp³-hybridized carbons (Fsp3) is 1.00. The molecule has 2 aliphatic rings. The van der Waals surface area contributed by atoms with Crippen molar-refractivity contribution < 1.29 is 0 Å². The smallest absolute Gasteiger partial charge is 0.0192 e. The van der Waals surface area contributed by atoms with Crippen molar-refractivity contribution in [3.63, 3.8) is 0 Å². The average molecular weight is 239 g/mol. The Hall–Kier alpha value is -0.120. The number of nitrogens with zero attached hydrogens (tertiary/aromatic N) is 2. The summed E-state index contributed by atoms with van der Waals surface area (Å²) in [6, 6.07) is 2.36. The third kappa shape index (κ3) is 3.43. The van der Waals surface area contributed by atoms with Crippen LogP contribution in [0.1, 0.15) is 39.5 Å². The number of likely N-dealkylation sites (N-methyl/N-ethyl adjacent to an activating group) is 1. The van der Waals surface area contributed by atoms with E-state index in [1.165, 1.54) is 51.9 Å². The quantitative estimate of drug-likeness (QED) is 0.803. The van der Waals surface area contributed by atoms with Crippen molar-refractivity contribution in [1.82, 2.24) is 15.1 Å². The summed E-state index contributed by atoms with van der Waals surface area (Å²) in [7, 11) is 2.25. The van der Waals surface area contributed by atoms with Gasteiger partial charge in [-0.1, -0.05) is 6.92 Å². The van der Waals surface area contributed by atoms with Gasteiger partial charge in [-0.3, -0.25) is 4.90 Å². The van der Waals surface area contributed by atoms with E-state index in [9.17, 15) is 0 Å². The maximum atomic E-state index is 3.68. The predicted molar refractivity (Wildman–Crippen MR) is 73.4 cm³/mol. The molecule has 1 aliphatic heterocycles. The van der Waals surface area contributed by atoms with Crippen LogP contribution in [0.2, 0.25) is 0 Å². The Morgan fingerprint density at radius 3 is 2.76 bits per heavy atom. The summed E-state index contributed by atoms with van der Waals surface area (Å²) in [5.74, 6) is 0. The molecule has 0 radical (unpaired) electrons. The SMILES string of the molecule is CCCNC1CCC(N2CCN(C)C(C)C2)C1. The highest BCUT2D eigenvalue weighted by atomic mass is 15.3. The van der Waals surface area contributed by atoms with Crippen LogP contribution in [0.4, 0.5) is 0 Å². The first-order chi connectivity index (χ1) is 8.20. The summed E-state index contributed by atoms with van der Waals surface area (Å²) >= 11 is 0. The fourth-order valence-electron chi connectivity index (χ4n) is 3.23. The van der Waals surface area contributed by atoms with E-state index in [1.807, 2.05) is 0 Å². The minimum absolute atomic E-state index is 0.728. The highest BCUT2D eigenvalue weighted by Gasteiger charge is 2.32. The second-order valence-corrected chi connectivity index (χ2v) is 5.94. The van der Waals surface area contributed by atoms with E-state index in [0.29, 0.717) is 0 Å². The summed E-state index contributed by atoms with van der Waals surface area (Å²) in [5, 5.41) is 3.68. The van der Waals surface area contributed by atoms with Crippen molar-refractivity contribution in [1.29, 1.82) is 0 Å². The van der Waals surface area contributed by atoms with Crippen LogP contribution in [-0.2, 0) is 0 Å². The van der Waals surface area contributed by atoms with E-state index < -0.39 is 0 Å². The summed E-state index contributed by atoms with van der Waals surface area (Å²) < 4.78 is 0. The number of rotatable bonds is 4. The van der Waals surface area contributed by atoms with Gasteiger partial charge < -0.3 is 10.2 Å². The summed E-state index contributed by atoms with van der Waals surface area (Å²) in [6.45, 7) is 9.57. The molecule has 0 aromatic heterocycles. The Kier molecular flexibility index (Phi) is 4.83. The molecule has 0 amide bonds. The highest BCUT2D eigenvalue weighted by Crippen LogP contribution is 2.26. The van der Waals surface area contributed by atoms with Crippen LogP contribution >= 0.6 is 0 Å². The molecule has 3 nitrogen and oxygen atoms in total. The maximum absolute atomic E-state index is 3.68. The van der Waals surface area contributed by atoms with Crippen molar-refractivity contribution in [2.45, 2.75) is 57.7 Å². The number of nitrogens with one attached hydrogen (secondary N) is 1. The van der Waals surface area contributed by atoms with E-state index >= 15 is 0 Å². The Morgan fingerprint density at radius 2 is 2.06 bits per heavy atom. The van der Waals surface area contributed by atoms with E-state index in [4.69, 9.17) is 0 Å². The molecular weight excluding hydrogens is 210 g/mol. The molecule has 0 bridgehead atoms. The molecule has 3 unspecified atom stereocenters. The standard InChI is InChI=1S/C14H29N3/c1-4-7-15-13-5-6-14(10-13)17-9-8-16(3)12(2)11-17/h12-15H,4-11H2,1-3H3. The van der Waals surface area contributed by atoms with Crippen LogP contribution in [0.15, 0.2) is 0 Å². The van der Waals surface area contributed by atoms with E-state index in [1.54, 1.807) is 0 Å². The van der Waals surface area contributed by atoms with Crippen molar-refractivity contribution >= 4 is 0 Å². The lowest BCUT2D eigenvalue weighted by atomic mass is 10.1. The topological polar surface area (TPSA) is 18.5 Å². The molecule has 2 fully saturated rings. The maximum Gasteiger partial charge on any atom is 0.0192 e. The molecule has 1 aliphatic carbocycles. The zero-order chi connectivity index (χ0) is 12.3. The number of hydrogen-bond donors (Lipinski definition) is 1. The first kappa shape index (κ1) is 13.3. The highest BCUT2D eigenvalue weighted by molar-refractivity contribution is 4.90. The molecule has 100 valence electrons.